The number of pyridine rings is 1. The van der Waals surface area contributed by atoms with Crippen molar-refractivity contribution in [2.45, 2.75) is 132 Å². The molecule has 10 rings (SSSR count). The second-order valence-electron chi connectivity index (χ2n) is 26.7. The zero-order valence-electron chi connectivity index (χ0n) is 48.7. The van der Waals surface area contributed by atoms with E-state index in [0.29, 0.717) is 6.67 Å². The smallest absolute Gasteiger partial charge is 0.137 e. The first kappa shape index (κ1) is 53.0. The molecule has 0 aliphatic carbocycles. The Morgan fingerprint density at radius 2 is 0.909 bits per heavy atom. The van der Waals surface area contributed by atoms with E-state index in [-0.39, 0.29) is 32.5 Å². The fourth-order valence-corrected chi connectivity index (χ4v) is 11.7. The summed E-state index contributed by atoms with van der Waals surface area (Å²) in [5.74, 6) is 2.45. The number of para-hydroxylation sites is 1. The van der Waals surface area contributed by atoms with Gasteiger partial charge in [0.2, 0.25) is 0 Å². The second kappa shape index (κ2) is 19.3. The number of nitrogens with zero attached hydrogens (tertiary/aromatic N) is 4. The Balaban J connectivity index is 1.18. The highest BCUT2D eigenvalue weighted by Gasteiger charge is 2.43. The number of hydrogen-bond acceptors (Lipinski definition) is 4. The Morgan fingerprint density at radius 1 is 0.390 bits per heavy atom. The molecule has 0 spiro atoms. The van der Waals surface area contributed by atoms with Gasteiger partial charge in [0, 0.05) is 73.5 Å². The molecule has 0 saturated carbocycles. The first-order chi connectivity index (χ1) is 36.2. The molecule has 5 nitrogen and oxygen atoms in total. The van der Waals surface area contributed by atoms with Gasteiger partial charge in [-0.05, 0) is 104 Å². The average molecular weight is 1020 g/mol. The van der Waals surface area contributed by atoms with Crippen molar-refractivity contribution in [1.82, 2.24) is 9.55 Å². The van der Waals surface area contributed by atoms with Gasteiger partial charge in [-0.3, -0.25) is 4.57 Å². The van der Waals surface area contributed by atoms with Crippen LogP contribution in [0.25, 0.3) is 38.8 Å². The predicted molar refractivity (Wildman–Crippen MR) is 327 cm³/mol. The second-order valence-corrected chi connectivity index (χ2v) is 26.7. The van der Waals surface area contributed by atoms with Crippen LogP contribution in [0.1, 0.15) is 144 Å². The highest BCUT2D eigenvalue weighted by Crippen LogP contribution is 2.51. The Labute approximate surface area is 460 Å². The van der Waals surface area contributed by atoms with Crippen molar-refractivity contribution in [2.75, 3.05) is 16.5 Å². The molecule has 0 atom stereocenters. The fourth-order valence-electron chi connectivity index (χ4n) is 11.7. The Morgan fingerprint density at radius 3 is 1.48 bits per heavy atom. The van der Waals surface area contributed by atoms with Crippen molar-refractivity contribution in [3.05, 3.63) is 227 Å². The lowest BCUT2D eigenvalue weighted by Gasteiger charge is -2.35. The quantitative estimate of drug-likeness (QED) is 0.137. The van der Waals surface area contributed by atoms with E-state index in [4.69, 9.17) is 9.72 Å². The van der Waals surface area contributed by atoms with Gasteiger partial charge in [0.15, 0.2) is 0 Å². The van der Waals surface area contributed by atoms with E-state index >= 15 is 0 Å². The standard InChI is InChI=1S/C72H80N4O/c1-67(2,3)53-38-49(48-28-20-17-21-29-48)39-55(40-53)74-47-75(66(70(10,11)12)65(74)69(7,8)9)56-41-54(72(15,16)51-32-24-19-25-33-51)42-57(44-56)77-58-45-60(68(4,5)6)64-59-34-26-27-35-61(59)76(62(64)46-58)63-43-52(36-37-73-63)71(13,14)50-30-22-18-23-31-50/h17-46H,47H2,1-16H3. The van der Waals surface area contributed by atoms with Gasteiger partial charge >= 0.3 is 0 Å². The van der Waals surface area contributed by atoms with Gasteiger partial charge in [-0.25, -0.2) is 4.98 Å². The van der Waals surface area contributed by atoms with E-state index in [2.05, 4.69) is 301 Å². The number of fused-ring (bicyclic) bond motifs is 3. The number of allylic oxidation sites excluding steroid dienone is 2. The van der Waals surface area contributed by atoms with E-state index in [1.165, 1.54) is 72.4 Å². The number of anilines is 2. The van der Waals surface area contributed by atoms with Crippen LogP contribution in [0.3, 0.4) is 0 Å². The van der Waals surface area contributed by atoms with E-state index in [0.717, 1.165) is 34.0 Å². The summed E-state index contributed by atoms with van der Waals surface area (Å²) in [7, 11) is 0. The van der Waals surface area contributed by atoms with Crippen molar-refractivity contribution in [1.29, 1.82) is 0 Å². The van der Waals surface area contributed by atoms with Crippen LogP contribution in [0.5, 0.6) is 11.5 Å². The maximum Gasteiger partial charge on any atom is 0.137 e. The van der Waals surface area contributed by atoms with Crippen LogP contribution in [-0.2, 0) is 21.7 Å². The summed E-state index contributed by atoms with van der Waals surface area (Å²) < 4.78 is 9.82. The van der Waals surface area contributed by atoms with Crippen LogP contribution >= 0.6 is 0 Å². The molecule has 77 heavy (non-hydrogen) atoms. The van der Waals surface area contributed by atoms with Crippen LogP contribution in [0.2, 0.25) is 0 Å². The summed E-state index contributed by atoms with van der Waals surface area (Å²) in [6.45, 7) is 38.1. The summed E-state index contributed by atoms with van der Waals surface area (Å²) in [5.41, 5.74) is 15.6. The zero-order chi connectivity index (χ0) is 55.0. The van der Waals surface area contributed by atoms with E-state index in [9.17, 15) is 0 Å². The van der Waals surface area contributed by atoms with Crippen LogP contribution in [0.4, 0.5) is 11.4 Å². The van der Waals surface area contributed by atoms with Crippen LogP contribution < -0.4 is 14.5 Å². The van der Waals surface area contributed by atoms with Crippen LogP contribution in [0, 0.1) is 10.8 Å². The third-order valence-corrected chi connectivity index (χ3v) is 16.1. The van der Waals surface area contributed by atoms with Crippen molar-refractivity contribution in [2.24, 2.45) is 10.8 Å². The monoisotopic (exact) mass is 1020 g/mol. The minimum Gasteiger partial charge on any atom is -0.457 e. The molecule has 0 N–H and O–H groups in total. The molecular weight excluding hydrogens is 937 g/mol. The molecule has 394 valence electrons. The van der Waals surface area contributed by atoms with Gasteiger partial charge in [-0.1, -0.05) is 226 Å². The molecule has 0 bridgehead atoms. The van der Waals surface area contributed by atoms with E-state index in [1.54, 1.807) is 0 Å². The van der Waals surface area contributed by atoms with Crippen LogP contribution in [-0.4, -0.2) is 16.2 Å². The molecule has 0 amide bonds. The topological polar surface area (TPSA) is 33.5 Å². The molecule has 0 radical (unpaired) electrons. The minimum atomic E-state index is -0.365. The Kier molecular flexibility index (Phi) is 13.3. The summed E-state index contributed by atoms with van der Waals surface area (Å²) >= 11 is 0. The summed E-state index contributed by atoms with van der Waals surface area (Å²) in [5, 5.41) is 2.41. The highest BCUT2D eigenvalue weighted by molar-refractivity contribution is 6.11. The maximum absolute atomic E-state index is 7.47. The van der Waals surface area contributed by atoms with Crippen molar-refractivity contribution in [3.63, 3.8) is 0 Å². The number of rotatable bonds is 10. The Bertz CT molecular complexity index is 3660. The van der Waals surface area contributed by atoms with Crippen molar-refractivity contribution < 1.29 is 4.74 Å². The molecule has 1 aliphatic rings. The summed E-state index contributed by atoms with van der Waals surface area (Å²) in [4.78, 5) is 10.3. The molecule has 0 fully saturated rings. The van der Waals surface area contributed by atoms with Gasteiger partial charge in [0.1, 0.15) is 17.3 Å². The minimum absolute atomic E-state index is 0.0644. The SMILES string of the molecule is CC(C)(C)C1=C(C(C)(C)C)N(c2cc(Oc3cc(C(C)(C)C)c4c5ccccc5n(-c5cc(C(C)(C)c6ccccc6)ccn5)c4c3)cc(C(C)(C)c3ccccc3)c2)CN1c1cc(-c2ccccc2)cc(C(C)(C)C)c1. The molecule has 1 aliphatic heterocycles. The van der Waals surface area contributed by atoms with Crippen LogP contribution in [0.15, 0.2) is 194 Å². The molecule has 3 heterocycles. The van der Waals surface area contributed by atoms with Gasteiger partial charge in [0.05, 0.1) is 17.7 Å². The molecule has 2 aromatic heterocycles. The predicted octanol–water partition coefficient (Wildman–Crippen LogP) is 19.5. The van der Waals surface area contributed by atoms with E-state index < -0.39 is 0 Å². The number of ether oxygens (including phenoxy) is 1. The number of benzene rings is 7. The molecule has 0 unspecified atom stereocenters. The molecule has 5 heteroatoms. The third-order valence-electron chi connectivity index (χ3n) is 16.1. The zero-order valence-corrected chi connectivity index (χ0v) is 48.7. The van der Waals surface area contributed by atoms with Crippen molar-refractivity contribution >= 4 is 33.2 Å². The molecular formula is C72H80N4O. The fraction of sp³-hybridized carbons (Fsp3) is 0.319. The van der Waals surface area contributed by atoms with E-state index in [1.807, 2.05) is 6.20 Å². The Hall–Kier alpha value is -7.37. The first-order valence-electron chi connectivity index (χ1n) is 27.7. The third kappa shape index (κ3) is 10.1. The van der Waals surface area contributed by atoms with Gasteiger partial charge in [-0.2, -0.15) is 0 Å². The lowest BCUT2D eigenvalue weighted by Crippen LogP contribution is -2.32. The highest BCUT2D eigenvalue weighted by atomic mass is 16.5. The maximum atomic E-state index is 7.47. The summed E-state index contributed by atoms with van der Waals surface area (Å²) in [6.07, 6.45) is 1.97. The van der Waals surface area contributed by atoms with Gasteiger partial charge in [0.25, 0.3) is 0 Å². The normalized spacial score (nSPS) is 14.1. The molecule has 9 aromatic rings. The number of hydrogen-bond donors (Lipinski definition) is 0. The first-order valence-corrected chi connectivity index (χ1v) is 27.7. The van der Waals surface area contributed by atoms with Gasteiger partial charge < -0.3 is 14.5 Å². The lowest BCUT2D eigenvalue weighted by atomic mass is 9.77. The largest absolute Gasteiger partial charge is 0.457 e. The summed E-state index contributed by atoms with van der Waals surface area (Å²) in [6, 6.07) is 64.5. The molecule has 7 aromatic carbocycles. The average Bonchev–Trinajstić information content (AvgIpc) is 4.07. The lowest BCUT2D eigenvalue weighted by molar-refractivity contribution is 0.444. The molecule has 0 saturated heterocycles. The van der Waals surface area contributed by atoms with Crippen molar-refractivity contribution in [3.8, 4) is 28.4 Å². The number of aromatic nitrogens is 2. The van der Waals surface area contributed by atoms with Gasteiger partial charge in [-0.15, -0.1) is 0 Å².